The van der Waals surface area contributed by atoms with Gasteiger partial charge in [0, 0.05) is 11.3 Å². The van der Waals surface area contributed by atoms with Crippen LogP contribution in [0, 0.1) is 0 Å². The zero-order valence-electron chi connectivity index (χ0n) is 10.3. The maximum atomic E-state index is 5.81. The van der Waals surface area contributed by atoms with Crippen molar-refractivity contribution in [3.05, 3.63) is 29.8 Å². The van der Waals surface area contributed by atoms with Gasteiger partial charge in [-0.15, -0.1) is 0 Å². The number of aliphatic imine (C=N–C) groups is 2. The van der Waals surface area contributed by atoms with Crippen LogP contribution >= 0.6 is 0 Å². The summed E-state index contributed by atoms with van der Waals surface area (Å²) in [6.45, 7) is 2.74. The SMILES string of the molecule is CCCCCC1=NCC(N)=Nc2ccccc21. The maximum absolute atomic E-state index is 5.81. The van der Waals surface area contributed by atoms with Gasteiger partial charge in [-0.25, -0.2) is 4.99 Å². The standard InChI is InChI=1S/C14H19N3/c1-2-3-4-8-12-11-7-5-6-9-13(11)17-14(15)10-16-12/h5-7,9H,2-4,8,10H2,1H3,(H2,15,17). The van der Waals surface area contributed by atoms with Gasteiger partial charge in [0.05, 0.1) is 12.2 Å². The predicted molar refractivity (Wildman–Crippen MR) is 73.3 cm³/mol. The number of rotatable bonds is 4. The molecule has 0 bridgehead atoms. The number of nitrogens with zero attached hydrogens (tertiary/aromatic N) is 2. The lowest BCUT2D eigenvalue weighted by molar-refractivity contribution is 0.741. The number of hydrogen-bond donors (Lipinski definition) is 1. The summed E-state index contributed by atoms with van der Waals surface area (Å²) in [5.74, 6) is 0.600. The monoisotopic (exact) mass is 229 g/mol. The molecule has 3 nitrogen and oxygen atoms in total. The highest BCUT2D eigenvalue weighted by atomic mass is 14.9. The van der Waals surface area contributed by atoms with Crippen molar-refractivity contribution >= 4 is 17.2 Å². The summed E-state index contributed by atoms with van der Waals surface area (Å²) >= 11 is 0. The van der Waals surface area contributed by atoms with Crippen LogP contribution < -0.4 is 5.73 Å². The zero-order chi connectivity index (χ0) is 12.1. The minimum atomic E-state index is 0.524. The van der Waals surface area contributed by atoms with E-state index in [1.54, 1.807) is 0 Å². The van der Waals surface area contributed by atoms with Crippen molar-refractivity contribution in [2.75, 3.05) is 6.54 Å². The Labute approximate surface area is 102 Å². The lowest BCUT2D eigenvalue weighted by Crippen LogP contribution is -2.14. The van der Waals surface area contributed by atoms with Gasteiger partial charge >= 0.3 is 0 Å². The van der Waals surface area contributed by atoms with Crippen LogP contribution in [0.5, 0.6) is 0 Å². The molecule has 0 atom stereocenters. The molecule has 0 aliphatic carbocycles. The van der Waals surface area contributed by atoms with Crippen molar-refractivity contribution in [1.82, 2.24) is 0 Å². The average Bonchev–Trinajstić information content (AvgIpc) is 2.49. The summed E-state index contributed by atoms with van der Waals surface area (Å²) in [5.41, 5.74) is 9.06. The summed E-state index contributed by atoms with van der Waals surface area (Å²) in [4.78, 5) is 8.98. The first-order chi connectivity index (χ1) is 8.31. The Kier molecular flexibility index (Phi) is 3.91. The second-order valence-electron chi connectivity index (χ2n) is 4.34. The Bertz CT molecular complexity index is 447. The third kappa shape index (κ3) is 2.93. The Hall–Kier alpha value is -1.64. The van der Waals surface area contributed by atoms with E-state index < -0.39 is 0 Å². The minimum Gasteiger partial charge on any atom is -0.386 e. The highest BCUT2D eigenvalue weighted by Crippen LogP contribution is 2.23. The average molecular weight is 229 g/mol. The molecule has 0 spiro atoms. The Morgan fingerprint density at radius 2 is 2.06 bits per heavy atom. The van der Waals surface area contributed by atoms with Gasteiger partial charge in [-0.05, 0) is 18.9 Å². The molecule has 2 N–H and O–H groups in total. The predicted octanol–water partition coefficient (Wildman–Crippen LogP) is 3.06. The molecule has 1 heterocycles. The quantitative estimate of drug-likeness (QED) is 0.792. The first-order valence-electron chi connectivity index (χ1n) is 6.27. The minimum absolute atomic E-state index is 0.524. The molecule has 1 aromatic rings. The van der Waals surface area contributed by atoms with Crippen molar-refractivity contribution in [2.24, 2.45) is 15.7 Å². The molecule has 1 aliphatic heterocycles. The molecule has 90 valence electrons. The molecule has 0 saturated heterocycles. The second-order valence-corrected chi connectivity index (χ2v) is 4.34. The van der Waals surface area contributed by atoms with Crippen molar-refractivity contribution in [2.45, 2.75) is 32.6 Å². The first kappa shape index (κ1) is 11.8. The van der Waals surface area contributed by atoms with Crippen molar-refractivity contribution in [1.29, 1.82) is 0 Å². The number of unbranched alkanes of at least 4 members (excludes halogenated alkanes) is 2. The zero-order valence-corrected chi connectivity index (χ0v) is 10.3. The van der Waals surface area contributed by atoms with Crippen LogP contribution in [0.15, 0.2) is 34.3 Å². The van der Waals surface area contributed by atoms with E-state index in [9.17, 15) is 0 Å². The topological polar surface area (TPSA) is 50.7 Å². The molecule has 2 rings (SSSR count). The van der Waals surface area contributed by atoms with Crippen LogP contribution in [-0.4, -0.2) is 18.1 Å². The van der Waals surface area contributed by atoms with Crippen LogP contribution in [-0.2, 0) is 0 Å². The number of hydrogen-bond acceptors (Lipinski definition) is 3. The van der Waals surface area contributed by atoms with Crippen LogP contribution in [0.3, 0.4) is 0 Å². The Morgan fingerprint density at radius 3 is 2.88 bits per heavy atom. The Morgan fingerprint density at radius 1 is 1.24 bits per heavy atom. The van der Waals surface area contributed by atoms with E-state index in [2.05, 4.69) is 23.0 Å². The van der Waals surface area contributed by atoms with Crippen LogP contribution in [0.25, 0.3) is 0 Å². The molecule has 0 unspecified atom stereocenters. The number of benzene rings is 1. The summed E-state index contributed by atoms with van der Waals surface area (Å²) in [6.07, 6.45) is 4.68. The number of amidine groups is 1. The van der Waals surface area contributed by atoms with Crippen molar-refractivity contribution in [3.8, 4) is 0 Å². The van der Waals surface area contributed by atoms with Gasteiger partial charge in [-0.2, -0.15) is 0 Å². The van der Waals surface area contributed by atoms with Gasteiger partial charge in [0.1, 0.15) is 5.84 Å². The molecule has 1 aliphatic rings. The number of fused-ring (bicyclic) bond motifs is 1. The fourth-order valence-electron chi connectivity index (χ4n) is 2.02. The lowest BCUT2D eigenvalue weighted by Gasteiger charge is -2.07. The molecular formula is C14H19N3. The van der Waals surface area contributed by atoms with Gasteiger partial charge in [0.25, 0.3) is 0 Å². The first-order valence-corrected chi connectivity index (χ1v) is 6.27. The molecular weight excluding hydrogens is 210 g/mol. The van der Waals surface area contributed by atoms with Gasteiger partial charge < -0.3 is 5.73 Å². The largest absolute Gasteiger partial charge is 0.386 e. The van der Waals surface area contributed by atoms with E-state index in [-0.39, 0.29) is 0 Å². The van der Waals surface area contributed by atoms with E-state index in [1.807, 2.05) is 18.2 Å². The smallest absolute Gasteiger partial charge is 0.121 e. The van der Waals surface area contributed by atoms with Gasteiger partial charge in [0.15, 0.2) is 0 Å². The van der Waals surface area contributed by atoms with E-state index in [0.29, 0.717) is 12.4 Å². The molecule has 0 fully saturated rings. The molecule has 0 saturated carbocycles. The molecule has 1 aromatic carbocycles. The Balaban J connectivity index is 2.24. The van der Waals surface area contributed by atoms with Gasteiger partial charge in [-0.3, -0.25) is 4.99 Å². The maximum Gasteiger partial charge on any atom is 0.121 e. The second kappa shape index (κ2) is 5.62. The van der Waals surface area contributed by atoms with E-state index >= 15 is 0 Å². The summed E-state index contributed by atoms with van der Waals surface area (Å²) in [5, 5.41) is 0. The fraction of sp³-hybridized carbons (Fsp3) is 0.429. The number of nitrogens with two attached hydrogens (primary N) is 1. The fourth-order valence-corrected chi connectivity index (χ4v) is 2.02. The van der Waals surface area contributed by atoms with Crippen LogP contribution in [0.4, 0.5) is 5.69 Å². The van der Waals surface area contributed by atoms with Gasteiger partial charge in [0.2, 0.25) is 0 Å². The summed E-state index contributed by atoms with van der Waals surface area (Å²) < 4.78 is 0. The highest BCUT2D eigenvalue weighted by Gasteiger charge is 2.11. The van der Waals surface area contributed by atoms with E-state index in [1.165, 1.54) is 19.3 Å². The summed E-state index contributed by atoms with van der Waals surface area (Å²) in [7, 11) is 0. The summed E-state index contributed by atoms with van der Waals surface area (Å²) in [6, 6.07) is 8.11. The van der Waals surface area contributed by atoms with Crippen LogP contribution in [0.1, 0.15) is 38.2 Å². The third-order valence-electron chi connectivity index (χ3n) is 2.93. The van der Waals surface area contributed by atoms with E-state index in [0.717, 1.165) is 23.4 Å². The third-order valence-corrected chi connectivity index (χ3v) is 2.93. The van der Waals surface area contributed by atoms with Crippen LogP contribution in [0.2, 0.25) is 0 Å². The van der Waals surface area contributed by atoms with Gasteiger partial charge in [-0.1, -0.05) is 38.0 Å². The molecule has 0 amide bonds. The van der Waals surface area contributed by atoms with Crippen molar-refractivity contribution in [3.63, 3.8) is 0 Å². The highest BCUT2D eigenvalue weighted by molar-refractivity contribution is 6.07. The molecule has 3 heteroatoms. The molecule has 17 heavy (non-hydrogen) atoms. The number of para-hydroxylation sites is 1. The van der Waals surface area contributed by atoms with E-state index in [4.69, 9.17) is 5.73 Å². The van der Waals surface area contributed by atoms with Crippen molar-refractivity contribution < 1.29 is 0 Å². The molecule has 0 radical (unpaired) electrons. The lowest BCUT2D eigenvalue weighted by atomic mass is 10.0. The molecule has 0 aromatic heterocycles. The normalized spacial score (nSPS) is 14.6.